The lowest BCUT2D eigenvalue weighted by atomic mass is 9.49. The van der Waals surface area contributed by atoms with E-state index in [1.54, 1.807) is 4.90 Å². The molecule has 3 N–H and O–H groups in total. The van der Waals surface area contributed by atoms with Gasteiger partial charge in [-0.2, -0.15) is 0 Å². The van der Waals surface area contributed by atoms with E-state index in [0.29, 0.717) is 25.8 Å². The molecule has 0 aromatic carbocycles. The van der Waals surface area contributed by atoms with Crippen LogP contribution in [0, 0.1) is 40.4 Å². The highest BCUT2D eigenvalue weighted by Gasteiger charge is 2.54. The molecule has 0 radical (unpaired) electrons. The van der Waals surface area contributed by atoms with Gasteiger partial charge in [-0.25, -0.2) is 0 Å². The van der Waals surface area contributed by atoms with Gasteiger partial charge in [0.25, 0.3) is 5.91 Å². The van der Waals surface area contributed by atoms with Gasteiger partial charge in [0.1, 0.15) is 12.1 Å². The summed E-state index contributed by atoms with van der Waals surface area (Å²) in [6.07, 6.45) is 13.4. The van der Waals surface area contributed by atoms with E-state index in [-0.39, 0.29) is 41.0 Å². The van der Waals surface area contributed by atoms with Crippen molar-refractivity contribution in [3.63, 3.8) is 0 Å². The highest BCUT2D eigenvalue weighted by atomic mass is 16.2. The van der Waals surface area contributed by atoms with Gasteiger partial charge in [0.15, 0.2) is 0 Å². The lowest BCUT2D eigenvalue weighted by Crippen LogP contribution is -2.60. The van der Waals surface area contributed by atoms with E-state index in [2.05, 4.69) is 16.0 Å². The second-order valence-corrected chi connectivity index (χ2v) is 16.7. The van der Waals surface area contributed by atoms with Crippen LogP contribution in [-0.2, 0) is 24.0 Å². The zero-order chi connectivity index (χ0) is 31.4. The third-order valence-corrected chi connectivity index (χ3v) is 11.9. The summed E-state index contributed by atoms with van der Waals surface area (Å²) in [4.78, 5) is 69.5. The lowest BCUT2D eigenvalue weighted by molar-refractivity contribution is -0.146. The summed E-state index contributed by atoms with van der Waals surface area (Å²) < 4.78 is 0. The van der Waals surface area contributed by atoms with Crippen molar-refractivity contribution in [3.05, 3.63) is 0 Å². The predicted molar refractivity (Wildman–Crippen MR) is 166 cm³/mol. The molecule has 9 heteroatoms. The monoisotopic (exact) mass is 610 g/mol. The highest BCUT2D eigenvalue weighted by Crippen LogP contribution is 2.61. The lowest BCUT2D eigenvalue weighted by Gasteiger charge is -2.56. The SMILES string of the molecule is CCC[C@H](NC(=O)[C@@H]1[C@H]2CCC[C@H]2CN1C(=O)[C@@H](NC(=O)CC12CC3CC(CC(C3)C1)C2)C(C)(C)C)C(=O)C(=O)NC1CC1. The van der Waals surface area contributed by atoms with Crippen LogP contribution >= 0.6 is 0 Å². The Balaban J connectivity index is 1.16. The largest absolute Gasteiger partial charge is 0.347 e. The van der Waals surface area contributed by atoms with E-state index in [0.717, 1.165) is 69.1 Å². The molecule has 1 aliphatic heterocycles. The molecule has 6 aliphatic carbocycles. The van der Waals surface area contributed by atoms with Crippen LogP contribution in [-0.4, -0.2) is 65.0 Å². The number of Topliss-reactive ketones (excluding diaryl/α,β-unsaturated/α-hetero) is 1. The van der Waals surface area contributed by atoms with Gasteiger partial charge in [-0.3, -0.25) is 24.0 Å². The van der Waals surface area contributed by atoms with Gasteiger partial charge in [-0.15, -0.1) is 0 Å². The summed E-state index contributed by atoms with van der Waals surface area (Å²) in [6, 6.07) is -2.32. The molecule has 7 aliphatic rings. The zero-order valence-electron chi connectivity index (χ0n) is 27.3. The molecule has 4 amide bonds. The summed E-state index contributed by atoms with van der Waals surface area (Å²) in [5, 5.41) is 8.84. The van der Waals surface area contributed by atoms with E-state index >= 15 is 0 Å². The van der Waals surface area contributed by atoms with Crippen molar-refractivity contribution in [1.29, 1.82) is 0 Å². The average Bonchev–Trinajstić information content (AvgIpc) is 3.49. The molecule has 0 unspecified atom stereocenters. The molecular formula is C35H54N4O5. The number of carbonyl (C=O) groups is 5. The van der Waals surface area contributed by atoms with E-state index in [4.69, 9.17) is 0 Å². The Morgan fingerprint density at radius 1 is 0.886 bits per heavy atom. The number of nitrogens with one attached hydrogen (secondary N) is 3. The van der Waals surface area contributed by atoms with Crippen molar-refractivity contribution in [3.8, 4) is 0 Å². The van der Waals surface area contributed by atoms with Gasteiger partial charge in [-0.1, -0.05) is 40.5 Å². The second-order valence-electron chi connectivity index (χ2n) is 16.7. The van der Waals surface area contributed by atoms with Crippen molar-refractivity contribution in [1.82, 2.24) is 20.9 Å². The molecule has 1 saturated heterocycles. The molecule has 0 aromatic heterocycles. The fourth-order valence-corrected chi connectivity index (χ4v) is 10.2. The van der Waals surface area contributed by atoms with Gasteiger partial charge in [0.2, 0.25) is 23.5 Å². The van der Waals surface area contributed by atoms with E-state index < -0.39 is 35.2 Å². The minimum Gasteiger partial charge on any atom is -0.347 e. The van der Waals surface area contributed by atoms with Crippen LogP contribution in [0.5, 0.6) is 0 Å². The molecule has 5 atom stereocenters. The Hall–Kier alpha value is -2.45. The summed E-state index contributed by atoms with van der Waals surface area (Å²) >= 11 is 0. The van der Waals surface area contributed by atoms with Crippen LogP contribution in [0.15, 0.2) is 0 Å². The fourth-order valence-electron chi connectivity index (χ4n) is 10.2. The number of hydrogen-bond donors (Lipinski definition) is 3. The van der Waals surface area contributed by atoms with Crippen LogP contribution in [0.4, 0.5) is 0 Å². The number of ketones is 1. The van der Waals surface area contributed by atoms with E-state index in [1.807, 2.05) is 27.7 Å². The van der Waals surface area contributed by atoms with Gasteiger partial charge in [0.05, 0.1) is 6.04 Å². The molecule has 244 valence electrons. The Labute approximate surface area is 262 Å². The molecule has 0 aromatic rings. The van der Waals surface area contributed by atoms with Gasteiger partial charge in [-0.05, 0) is 111 Å². The number of nitrogens with zero attached hydrogens (tertiary/aromatic N) is 1. The number of rotatable bonds is 11. The van der Waals surface area contributed by atoms with Crippen molar-refractivity contribution >= 4 is 29.4 Å². The molecule has 1 heterocycles. The number of carbonyl (C=O) groups excluding carboxylic acids is 5. The number of likely N-dealkylation sites (tertiary alicyclic amines) is 1. The average molecular weight is 611 g/mol. The molecule has 4 bridgehead atoms. The standard InChI is InChI=1S/C35H54N4O5/c1-5-7-26(29(41)32(43)36-24-10-11-24)37-31(42)28-25-9-6-8-23(25)19-39(28)33(44)30(34(2,3)4)38-27(40)18-35-15-20-12-21(16-35)14-22(13-20)17-35/h20-26,28,30H,5-19H2,1-4H3,(H,36,43)(H,37,42)(H,38,40)/t20?,21?,22?,23-,25-,26-,28-,30+,35?/m0/s1. The number of fused-ring (bicyclic) bond motifs is 1. The molecular weight excluding hydrogens is 556 g/mol. The van der Waals surface area contributed by atoms with Crippen LogP contribution in [0.3, 0.4) is 0 Å². The summed E-state index contributed by atoms with van der Waals surface area (Å²) in [6.45, 7) is 8.32. The van der Waals surface area contributed by atoms with Crippen LogP contribution in [0.25, 0.3) is 0 Å². The topological polar surface area (TPSA) is 125 Å². The maximum atomic E-state index is 14.4. The maximum Gasteiger partial charge on any atom is 0.289 e. The maximum absolute atomic E-state index is 14.4. The minimum absolute atomic E-state index is 0.0139. The summed E-state index contributed by atoms with van der Waals surface area (Å²) in [7, 11) is 0. The molecule has 7 fully saturated rings. The predicted octanol–water partition coefficient (Wildman–Crippen LogP) is 3.88. The second kappa shape index (κ2) is 12.1. The first-order chi connectivity index (χ1) is 20.9. The zero-order valence-corrected chi connectivity index (χ0v) is 27.3. The van der Waals surface area contributed by atoms with Crippen molar-refractivity contribution in [2.75, 3.05) is 6.54 Å². The molecule has 6 saturated carbocycles. The van der Waals surface area contributed by atoms with Crippen LogP contribution in [0.1, 0.15) is 118 Å². The normalized spacial score (nSPS) is 35.1. The highest BCUT2D eigenvalue weighted by molar-refractivity contribution is 6.38. The first-order valence-electron chi connectivity index (χ1n) is 17.6. The van der Waals surface area contributed by atoms with Crippen LogP contribution in [0.2, 0.25) is 0 Å². The van der Waals surface area contributed by atoms with E-state index in [9.17, 15) is 24.0 Å². The Kier molecular flexibility index (Phi) is 8.64. The molecule has 9 nitrogen and oxygen atoms in total. The molecule has 7 rings (SSSR count). The third-order valence-electron chi connectivity index (χ3n) is 11.9. The smallest absolute Gasteiger partial charge is 0.289 e. The quantitative estimate of drug-likeness (QED) is 0.306. The van der Waals surface area contributed by atoms with Crippen molar-refractivity contribution in [2.45, 2.75) is 142 Å². The third kappa shape index (κ3) is 6.44. The van der Waals surface area contributed by atoms with Gasteiger partial charge in [0, 0.05) is 19.0 Å². The van der Waals surface area contributed by atoms with Crippen molar-refractivity contribution in [2.24, 2.45) is 40.4 Å². The number of amides is 4. The summed E-state index contributed by atoms with van der Waals surface area (Å²) in [5.41, 5.74) is -0.474. The Bertz CT molecular complexity index is 1140. The van der Waals surface area contributed by atoms with Gasteiger partial charge >= 0.3 is 0 Å². The fraction of sp³-hybridized carbons (Fsp3) is 0.857. The minimum atomic E-state index is -0.915. The van der Waals surface area contributed by atoms with Gasteiger partial charge < -0.3 is 20.9 Å². The van der Waals surface area contributed by atoms with Crippen LogP contribution < -0.4 is 16.0 Å². The summed E-state index contributed by atoms with van der Waals surface area (Å²) in [5.74, 6) is 0.616. The first kappa shape index (κ1) is 31.5. The first-order valence-corrected chi connectivity index (χ1v) is 17.6. The molecule has 44 heavy (non-hydrogen) atoms. The Morgan fingerprint density at radius 3 is 2.09 bits per heavy atom. The van der Waals surface area contributed by atoms with E-state index in [1.165, 1.54) is 19.3 Å². The van der Waals surface area contributed by atoms with Crippen molar-refractivity contribution < 1.29 is 24.0 Å². The number of hydrogen-bond acceptors (Lipinski definition) is 5. The molecule has 0 spiro atoms. The Morgan fingerprint density at radius 2 is 1.52 bits per heavy atom.